The summed E-state index contributed by atoms with van der Waals surface area (Å²) in [6, 6.07) is 15.4. The van der Waals surface area contributed by atoms with Crippen molar-refractivity contribution >= 4 is 23.2 Å². The van der Waals surface area contributed by atoms with Gasteiger partial charge >= 0.3 is 0 Å². The third kappa shape index (κ3) is 3.35. The molecule has 0 spiro atoms. The molecule has 1 heterocycles. The molecule has 5 rings (SSSR count). The number of H-pyrrole nitrogens is 1. The Bertz CT molecular complexity index is 1010. The summed E-state index contributed by atoms with van der Waals surface area (Å²) in [5, 5.41) is 11.1. The van der Waals surface area contributed by atoms with Crippen molar-refractivity contribution in [2.75, 3.05) is 5.32 Å². The van der Waals surface area contributed by atoms with Crippen molar-refractivity contribution in [2.45, 2.75) is 31.1 Å². The lowest BCUT2D eigenvalue weighted by Crippen LogP contribution is -2.14. The van der Waals surface area contributed by atoms with Crippen LogP contribution in [-0.4, -0.2) is 21.1 Å². The van der Waals surface area contributed by atoms with Crippen LogP contribution < -0.4 is 5.32 Å². The zero-order chi connectivity index (χ0) is 18.4. The van der Waals surface area contributed by atoms with Crippen LogP contribution in [0.15, 0.2) is 48.5 Å². The average Bonchev–Trinajstić information content (AvgIpc) is 3.60. The van der Waals surface area contributed by atoms with Crippen molar-refractivity contribution in [3.8, 4) is 11.4 Å². The first-order valence-electron chi connectivity index (χ1n) is 9.27. The molecule has 136 valence electrons. The Balaban J connectivity index is 1.28. The normalized spacial score (nSPS) is 21.1. The van der Waals surface area contributed by atoms with Gasteiger partial charge in [0.2, 0.25) is 5.91 Å². The summed E-state index contributed by atoms with van der Waals surface area (Å²) >= 11 is 6.26. The van der Waals surface area contributed by atoms with E-state index in [2.05, 4.69) is 20.5 Å². The number of amides is 1. The number of halogens is 1. The summed E-state index contributed by atoms with van der Waals surface area (Å²) in [6.07, 6.45) is 3.19. The lowest BCUT2D eigenvalue weighted by atomic mass is 10.1. The van der Waals surface area contributed by atoms with Crippen molar-refractivity contribution < 1.29 is 4.79 Å². The maximum atomic E-state index is 12.6. The Kier molecular flexibility index (Phi) is 3.97. The molecule has 5 nitrogen and oxygen atoms in total. The Morgan fingerprint density at radius 3 is 2.81 bits per heavy atom. The number of hydrogen-bond acceptors (Lipinski definition) is 3. The highest BCUT2D eigenvalue weighted by Crippen LogP contribution is 2.50. The number of hydrogen-bond donors (Lipinski definition) is 2. The Morgan fingerprint density at radius 2 is 2.00 bits per heavy atom. The number of aromatic amines is 1. The molecule has 1 amide bonds. The lowest BCUT2D eigenvalue weighted by Gasteiger charge is -2.07. The van der Waals surface area contributed by atoms with Crippen LogP contribution in [0.1, 0.15) is 42.5 Å². The van der Waals surface area contributed by atoms with Crippen molar-refractivity contribution in [2.24, 2.45) is 5.92 Å². The summed E-state index contributed by atoms with van der Waals surface area (Å²) in [7, 11) is 0. The predicted molar refractivity (Wildman–Crippen MR) is 105 cm³/mol. The molecule has 3 aromatic rings. The smallest absolute Gasteiger partial charge is 0.228 e. The zero-order valence-electron chi connectivity index (χ0n) is 14.7. The van der Waals surface area contributed by atoms with Crippen molar-refractivity contribution in [3.05, 3.63) is 64.9 Å². The number of anilines is 1. The SMILES string of the molecule is O=C(Nc1cccc(-c2n[nH]c(C3CC3)n2)c1)C1CC1c1ccccc1Cl. The van der Waals surface area contributed by atoms with Gasteiger partial charge in [-0.2, -0.15) is 5.10 Å². The molecule has 2 unspecified atom stereocenters. The number of carbonyl (C=O) groups is 1. The maximum absolute atomic E-state index is 12.6. The van der Waals surface area contributed by atoms with Gasteiger partial charge in [-0.1, -0.05) is 41.9 Å². The van der Waals surface area contributed by atoms with Crippen LogP contribution in [0.4, 0.5) is 5.69 Å². The second-order valence-electron chi connectivity index (χ2n) is 7.36. The van der Waals surface area contributed by atoms with Crippen molar-refractivity contribution in [3.63, 3.8) is 0 Å². The molecule has 0 radical (unpaired) electrons. The summed E-state index contributed by atoms with van der Waals surface area (Å²) in [5.41, 5.74) is 2.72. The van der Waals surface area contributed by atoms with E-state index in [1.807, 2.05) is 48.5 Å². The van der Waals surface area contributed by atoms with E-state index in [0.29, 0.717) is 11.7 Å². The first-order chi connectivity index (χ1) is 13.2. The lowest BCUT2D eigenvalue weighted by molar-refractivity contribution is -0.117. The fraction of sp³-hybridized carbons (Fsp3) is 0.286. The summed E-state index contributed by atoms with van der Waals surface area (Å²) in [6.45, 7) is 0. The van der Waals surface area contributed by atoms with Crippen LogP contribution in [-0.2, 0) is 4.79 Å². The number of benzene rings is 2. The minimum absolute atomic E-state index is 0.0291. The molecular weight excluding hydrogens is 360 g/mol. The average molecular weight is 379 g/mol. The number of aromatic nitrogens is 3. The van der Waals surface area contributed by atoms with Gasteiger partial charge in [-0.05, 0) is 48.9 Å². The van der Waals surface area contributed by atoms with E-state index in [0.717, 1.165) is 34.1 Å². The van der Waals surface area contributed by atoms with Gasteiger partial charge in [0.25, 0.3) is 0 Å². The molecule has 27 heavy (non-hydrogen) atoms. The van der Waals surface area contributed by atoms with Crippen molar-refractivity contribution in [1.29, 1.82) is 0 Å². The van der Waals surface area contributed by atoms with Gasteiger partial charge in [-0.15, -0.1) is 0 Å². The van der Waals surface area contributed by atoms with E-state index in [1.165, 1.54) is 12.8 Å². The Hall–Kier alpha value is -2.66. The molecule has 0 bridgehead atoms. The van der Waals surface area contributed by atoms with Gasteiger partial charge in [0.1, 0.15) is 5.82 Å². The summed E-state index contributed by atoms with van der Waals surface area (Å²) < 4.78 is 0. The fourth-order valence-corrected chi connectivity index (χ4v) is 3.79. The fourth-order valence-electron chi connectivity index (χ4n) is 3.52. The number of carbonyl (C=O) groups excluding carboxylic acids is 1. The van der Waals surface area contributed by atoms with E-state index in [-0.39, 0.29) is 17.7 Å². The van der Waals surface area contributed by atoms with Gasteiger partial charge in [0.05, 0.1) is 0 Å². The Labute approximate surface area is 162 Å². The van der Waals surface area contributed by atoms with Gasteiger partial charge < -0.3 is 5.32 Å². The van der Waals surface area contributed by atoms with Crippen LogP contribution >= 0.6 is 11.6 Å². The molecule has 2 atom stereocenters. The molecule has 0 aliphatic heterocycles. The van der Waals surface area contributed by atoms with E-state index >= 15 is 0 Å². The molecule has 2 aliphatic rings. The van der Waals surface area contributed by atoms with E-state index in [1.54, 1.807) is 0 Å². The maximum Gasteiger partial charge on any atom is 0.228 e. The van der Waals surface area contributed by atoms with E-state index < -0.39 is 0 Å². The van der Waals surface area contributed by atoms with E-state index in [9.17, 15) is 4.79 Å². The largest absolute Gasteiger partial charge is 0.326 e. The quantitative estimate of drug-likeness (QED) is 0.673. The van der Waals surface area contributed by atoms with Gasteiger partial charge in [0.15, 0.2) is 5.82 Å². The molecule has 2 N–H and O–H groups in total. The number of nitrogens with zero attached hydrogens (tertiary/aromatic N) is 2. The summed E-state index contributed by atoms with van der Waals surface area (Å²) in [5.74, 6) is 2.37. The molecule has 1 aromatic heterocycles. The molecule has 6 heteroatoms. The van der Waals surface area contributed by atoms with E-state index in [4.69, 9.17) is 11.6 Å². The first-order valence-corrected chi connectivity index (χ1v) is 9.65. The molecule has 2 aromatic carbocycles. The number of rotatable bonds is 5. The van der Waals surface area contributed by atoms with Gasteiger partial charge in [-0.25, -0.2) is 4.98 Å². The standard InChI is InChI=1S/C21H19ClN4O/c22-18-7-2-1-6-15(18)16-11-17(16)21(27)23-14-5-3-4-13(10-14)20-24-19(25-26-20)12-8-9-12/h1-7,10,12,16-17H,8-9,11H2,(H,23,27)(H,24,25,26). The first kappa shape index (κ1) is 16.5. The molecule has 2 aliphatic carbocycles. The highest BCUT2D eigenvalue weighted by Gasteiger charge is 2.44. The molecular formula is C21H19ClN4O. The third-order valence-corrected chi connectivity index (χ3v) is 5.63. The minimum Gasteiger partial charge on any atom is -0.326 e. The summed E-state index contributed by atoms with van der Waals surface area (Å²) in [4.78, 5) is 17.2. The Morgan fingerprint density at radius 1 is 1.15 bits per heavy atom. The van der Waals surface area contributed by atoms with Crippen LogP contribution in [0.2, 0.25) is 5.02 Å². The van der Waals surface area contributed by atoms with Gasteiger partial charge in [0, 0.05) is 28.1 Å². The highest BCUT2D eigenvalue weighted by atomic mass is 35.5. The number of nitrogens with one attached hydrogen (secondary N) is 2. The third-order valence-electron chi connectivity index (χ3n) is 5.29. The highest BCUT2D eigenvalue weighted by molar-refractivity contribution is 6.31. The van der Waals surface area contributed by atoms with Crippen LogP contribution in [0.25, 0.3) is 11.4 Å². The van der Waals surface area contributed by atoms with Crippen LogP contribution in [0.5, 0.6) is 0 Å². The zero-order valence-corrected chi connectivity index (χ0v) is 15.4. The second kappa shape index (κ2) is 6.50. The van der Waals surface area contributed by atoms with Crippen LogP contribution in [0.3, 0.4) is 0 Å². The van der Waals surface area contributed by atoms with Crippen molar-refractivity contribution in [1.82, 2.24) is 15.2 Å². The monoisotopic (exact) mass is 378 g/mol. The topological polar surface area (TPSA) is 70.7 Å². The molecule has 2 saturated carbocycles. The minimum atomic E-state index is -0.0291. The second-order valence-corrected chi connectivity index (χ2v) is 7.77. The predicted octanol–water partition coefficient (Wildman–Crippen LogP) is 4.74. The van der Waals surface area contributed by atoms with Crippen LogP contribution in [0, 0.1) is 5.92 Å². The van der Waals surface area contributed by atoms with Gasteiger partial charge in [-0.3, -0.25) is 9.89 Å². The molecule has 2 fully saturated rings. The molecule has 0 saturated heterocycles.